The zero-order valence-corrected chi connectivity index (χ0v) is 18.3. The molecule has 0 spiro atoms. The van der Waals surface area contributed by atoms with Crippen LogP contribution in [0.5, 0.6) is 5.75 Å². The lowest BCUT2D eigenvalue weighted by molar-refractivity contribution is 0.207. The monoisotopic (exact) mass is 439 g/mol. The fourth-order valence-corrected chi connectivity index (χ4v) is 4.55. The highest BCUT2D eigenvalue weighted by Gasteiger charge is 2.31. The molecule has 1 fully saturated rings. The number of piperazine rings is 1. The predicted molar refractivity (Wildman–Crippen MR) is 121 cm³/mol. The van der Waals surface area contributed by atoms with E-state index in [0.717, 1.165) is 5.69 Å². The summed E-state index contributed by atoms with van der Waals surface area (Å²) in [6.07, 6.45) is 0. The van der Waals surface area contributed by atoms with Crippen LogP contribution in [0, 0.1) is 18.6 Å². The van der Waals surface area contributed by atoms with Gasteiger partial charge in [0.15, 0.2) is 0 Å². The molecule has 168 valence electrons. The molecule has 0 amide bonds. The summed E-state index contributed by atoms with van der Waals surface area (Å²) in [5.74, 6) is -0.743. The van der Waals surface area contributed by atoms with E-state index in [9.17, 15) is 18.7 Å². The number of halogens is 2. The molecule has 2 aromatic carbocycles. The zero-order chi connectivity index (χ0) is 22.8. The number of aromatic hydroxyl groups is 1. The van der Waals surface area contributed by atoms with Gasteiger partial charge in [-0.15, -0.1) is 0 Å². The summed E-state index contributed by atoms with van der Waals surface area (Å²) in [6.45, 7) is 6.65. The first-order chi connectivity index (χ1) is 15.4. The van der Waals surface area contributed by atoms with Crippen molar-refractivity contribution in [2.75, 3.05) is 31.1 Å². The second-order valence-corrected chi connectivity index (χ2v) is 8.09. The van der Waals surface area contributed by atoms with E-state index in [0.29, 0.717) is 44.0 Å². The molecule has 2 heterocycles. The van der Waals surface area contributed by atoms with E-state index >= 15 is 0 Å². The molecule has 32 heavy (non-hydrogen) atoms. The van der Waals surface area contributed by atoms with Gasteiger partial charge in [0.2, 0.25) is 0 Å². The van der Waals surface area contributed by atoms with Gasteiger partial charge >= 0.3 is 0 Å². The van der Waals surface area contributed by atoms with Gasteiger partial charge in [-0.25, -0.2) is 8.78 Å². The molecule has 0 radical (unpaired) electrons. The van der Waals surface area contributed by atoms with Crippen LogP contribution in [-0.2, 0) is 6.54 Å². The number of aryl methyl sites for hydroxylation is 1. The van der Waals surface area contributed by atoms with Crippen LogP contribution in [0.1, 0.15) is 29.8 Å². The van der Waals surface area contributed by atoms with E-state index in [1.807, 2.05) is 6.92 Å². The van der Waals surface area contributed by atoms with Crippen molar-refractivity contribution in [3.05, 3.63) is 93.4 Å². The first kappa shape index (κ1) is 22.0. The van der Waals surface area contributed by atoms with Crippen LogP contribution in [0.25, 0.3) is 0 Å². The topological polar surface area (TPSA) is 48.7 Å². The average Bonchev–Trinajstić information content (AvgIpc) is 2.77. The van der Waals surface area contributed by atoms with Crippen LogP contribution >= 0.6 is 0 Å². The minimum atomic E-state index is -0.577. The Labute approximate surface area is 186 Å². The molecule has 3 aromatic rings. The van der Waals surface area contributed by atoms with E-state index in [-0.39, 0.29) is 28.5 Å². The number of rotatable bonds is 5. The third kappa shape index (κ3) is 4.25. The SMILES string of the molecule is CCn1c(C)cc(O)c([C@H](c2cccc(F)c2)N2CCN(c3ccc(F)cc3)CC2)c1=O. The standard InChI is InChI=1S/C25H27F2N3O2/c1-3-30-17(2)15-22(31)23(25(30)32)24(18-5-4-6-20(27)16-18)29-13-11-28(12-14-29)21-9-7-19(26)8-10-21/h4-10,15-16,24,31H,3,11-14H2,1-2H3/t24-/m0/s1. The molecule has 4 rings (SSSR count). The number of benzene rings is 2. The van der Waals surface area contributed by atoms with Crippen LogP contribution in [0.4, 0.5) is 14.5 Å². The first-order valence-corrected chi connectivity index (χ1v) is 10.8. The molecule has 1 aliphatic heterocycles. The maximum atomic E-state index is 14.1. The highest BCUT2D eigenvalue weighted by atomic mass is 19.1. The van der Waals surface area contributed by atoms with Crippen LogP contribution in [0.15, 0.2) is 59.4 Å². The van der Waals surface area contributed by atoms with Crippen molar-refractivity contribution in [2.24, 2.45) is 0 Å². The van der Waals surface area contributed by atoms with Crippen molar-refractivity contribution in [1.82, 2.24) is 9.47 Å². The minimum absolute atomic E-state index is 0.0765. The van der Waals surface area contributed by atoms with Gasteiger partial charge in [-0.3, -0.25) is 9.69 Å². The molecular weight excluding hydrogens is 412 g/mol. The molecule has 1 atom stereocenters. The van der Waals surface area contributed by atoms with E-state index in [1.165, 1.54) is 24.3 Å². The number of hydrogen-bond donors (Lipinski definition) is 1. The molecule has 1 aliphatic rings. The van der Waals surface area contributed by atoms with Crippen LogP contribution in [-0.4, -0.2) is 40.8 Å². The number of pyridine rings is 1. The lowest BCUT2D eigenvalue weighted by atomic mass is 9.95. The van der Waals surface area contributed by atoms with Crippen LogP contribution in [0.3, 0.4) is 0 Å². The second-order valence-electron chi connectivity index (χ2n) is 8.09. The highest BCUT2D eigenvalue weighted by molar-refractivity contribution is 5.47. The number of nitrogens with zero attached hydrogens (tertiary/aromatic N) is 3. The van der Waals surface area contributed by atoms with Gasteiger partial charge in [-0.2, -0.15) is 0 Å². The highest BCUT2D eigenvalue weighted by Crippen LogP contribution is 2.34. The Morgan fingerprint density at radius 2 is 1.66 bits per heavy atom. The van der Waals surface area contributed by atoms with Crippen LogP contribution in [0.2, 0.25) is 0 Å². The molecular formula is C25H27F2N3O2. The Kier molecular flexibility index (Phi) is 6.28. The van der Waals surface area contributed by atoms with Crippen molar-refractivity contribution in [3.63, 3.8) is 0 Å². The molecule has 1 aromatic heterocycles. The van der Waals surface area contributed by atoms with E-state index in [2.05, 4.69) is 9.80 Å². The normalized spacial score (nSPS) is 15.7. The molecule has 5 nitrogen and oxygen atoms in total. The van der Waals surface area contributed by atoms with Crippen molar-refractivity contribution in [1.29, 1.82) is 0 Å². The number of aromatic nitrogens is 1. The molecule has 0 bridgehead atoms. The third-order valence-electron chi connectivity index (χ3n) is 6.15. The Morgan fingerprint density at radius 3 is 2.28 bits per heavy atom. The maximum absolute atomic E-state index is 14.1. The molecule has 0 unspecified atom stereocenters. The first-order valence-electron chi connectivity index (χ1n) is 10.8. The van der Waals surface area contributed by atoms with Gasteiger partial charge in [0.25, 0.3) is 5.56 Å². The summed E-state index contributed by atoms with van der Waals surface area (Å²) >= 11 is 0. The summed E-state index contributed by atoms with van der Waals surface area (Å²) in [7, 11) is 0. The summed E-state index contributed by atoms with van der Waals surface area (Å²) in [5.41, 5.74) is 2.23. The van der Waals surface area contributed by atoms with E-state index in [1.54, 1.807) is 41.8 Å². The average molecular weight is 440 g/mol. The largest absolute Gasteiger partial charge is 0.507 e. The van der Waals surface area contributed by atoms with Gasteiger partial charge in [-0.1, -0.05) is 12.1 Å². The quantitative estimate of drug-likeness (QED) is 0.651. The Morgan fingerprint density at radius 1 is 0.969 bits per heavy atom. The Bertz CT molecular complexity index is 1150. The van der Waals surface area contributed by atoms with Crippen molar-refractivity contribution >= 4 is 5.69 Å². The van der Waals surface area contributed by atoms with E-state index in [4.69, 9.17) is 0 Å². The fraction of sp³-hybridized carbons (Fsp3) is 0.320. The molecule has 7 heteroatoms. The summed E-state index contributed by atoms with van der Waals surface area (Å²) < 4.78 is 29.0. The molecule has 0 aliphatic carbocycles. The number of anilines is 1. The summed E-state index contributed by atoms with van der Waals surface area (Å²) in [5, 5.41) is 10.8. The van der Waals surface area contributed by atoms with Crippen molar-refractivity contribution < 1.29 is 13.9 Å². The Hall–Kier alpha value is -3.19. The molecule has 1 N–H and O–H groups in total. The molecule has 1 saturated heterocycles. The van der Waals surface area contributed by atoms with E-state index < -0.39 is 6.04 Å². The van der Waals surface area contributed by atoms with Gasteiger partial charge in [0.1, 0.15) is 17.4 Å². The van der Waals surface area contributed by atoms with Gasteiger partial charge in [0, 0.05) is 44.1 Å². The molecule has 0 saturated carbocycles. The summed E-state index contributed by atoms with van der Waals surface area (Å²) in [6, 6.07) is 13.6. The lowest BCUT2D eigenvalue weighted by Gasteiger charge is -2.40. The maximum Gasteiger partial charge on any atom is 0.259 e. The van der Waals surface area contributed by atoms with Crippen LogP contribution < -0.4 is 10.5 Å². The lowest BCUT2D eigenvalue weighted by Crippen LogP contribution is -2.49. The number of hydrogen-bond acceptors (Lipinski definition) is 4. The van der Waals surface area contributed by atoms with Crippen molar-refractivity contribution in [2.45, 2.75) is 26.4 Å². The van der Waals surface area contributed by atoms with Gasteiger partial charge in [-0.05, 0) is 61.9 Å². The zero-order valence-electron chi connectivity index (χ0n) is 18.3. The van der Waals surface area contributed by atoms with Gasteiger partial charge < -0.3 is 14.6 Å². The smallest absolute Gasteiger partial charge is 0.259 e. The predicted octanol–water partition coefficient (Wildman–Crippen LogP) is 4.07. The van der Waals surface area contributed by atoms with Gasteiger partial charge in [0.05, 0.1) is 11.6 Å². The minimum Gasteiger partial charge on any atom is -0.507 e. The second kappa shape index (κ2) is 9.12. The Balaban J connectivity index is 1.71. The van der Waals surface area contributed by atoms with Crippen molar-refractivity contribution in [3.8, 4) is 5.75 Å². The summed E-state index contributed by atoms with van der Waals surface area (Å²) in [4.78, 5) is 17.6. The fourth-order valence-electron chi connectivity index (χ4n) is 4.55. The third-order valence-corrected chi connectivity index (χ3v) is 6.15.